The van der Waals surface area contributed by atoms with Crippen LogP contribution in [0.4, 0.5) is 17.1 Å². The Balaban J connectivity index is 1.52. The van der Waals surface area contributed by atoms with Crippen molar-refractivity contribution in [2.75, 3.05) is 10.6 Å². The Hall–Kier alpha value is -4.69. The number of hydrogen-bond acceptors (Lipinski definition) is 5. The summed E-state index contributed by atoms with van der Waals surface area (Å²) >= 11 is 1.32. The van der Waals surface area contributed by atoms with E-state index in [0.29, 0.717) is 16.9 Å². The molecular formula is C30H25N3O4S. The number of thioether (sulfide) groups is 1. The van der Waals surface area contributed by atoms with E-state index in [1.165, 1.54) is 30.0 Å². The summed E-state index contributed by atoms with van der Waals surface area (Å²) in [5.74, 6) is -0.584. The molecule has 2 amide bonds. The molecule has 4 aromatic carbocycles. The Kier molecular flexibility index (Phi) is 8.69. The zero-order valence-electron chi connectivity index (χ0n) is 20.5. The molecule has 0 fully saturated rings. The normalized spacial score (nSPS) is 11.6. The average Bonchev–Trinajstić information content (AvgIpc) is 2.93. The van der Waals surface area contributed by atoms with Crippen molar-refractivity contribution in [1.82, 2.24) is 0 Å². The molecule has 4 rings (SSSR count). The van der Waals surface area contributed by atoms with Crippen LogP contribution in [0.1, 0.15) is 21.9 Å². The van der Waals surface area contributed by atoms with Crippen LogP contribution in [0.5, 0.6) is 0 Å². The Bertz CT molecular complexity index is 1470. The SMILES string of the molecule is Cc1ccc([N+](=O)[O-])cc1NC(=O)C(Sc1cccc(NC(=O)/C=C/c2ccccc2)c1)c1ccccc1. The summed E-state index contributed by atoms with van der Waals surface area (Å²) in [6, 6.07) is 30.4. The number of nitrogens with one attached hydrogen (secondary N) is 2. The molecule has 0 radical (unpaired) electrons. The van der Waals surface area contributed by atoms with Crippen LogP contribution in [0, 0.1) is 17.0 Å². The number of carbonyl (C=O) groups excluding carboxylic acids is 2. The Labute approximate surface area is 224 Å². The number of carbonyl (C=O) groups is 2. The number of rotatable bonds is 9. The molecule has 0 spiro atoms. The zero-order valence-corrected chi connectivity index (χ0v) is 21.4. The lowest BCUT2D eigenvalue weighted by Crippen LogP contribution is -2.19. The van der Waals surface area contributed by atoms with Crippen LogP contribution in [0.3, 0.4) is 0 Å². The molecule has 0 heterocycles. The third-order valence-electron chi connectivity index (χ3n) is 5.61. The van der Waals surface area contributed by atoms with E-state index < -0.39 is 10.2 Å². The summed E-state index contributed by atoms with van der Waals surface area (Å²) in [4.78, 5) is 37.4. The van der Waals surface area contributed by atoms with E-state index in [2.05, 4.69) is 10.6 Å². The quantitative estimate of drug-likeness (QED) is 0.106. The van der Waals surface area contributed by atoms with Gasteiger partial charge in [0.25, 0.3) is 5.69 Å². The molecule has 190 valence electrons. The minimum atomic E-state index is -0.640. The minimum Gasteiger partial charge on any atom is -0.324 e. The first kappa shape index (κ1) is 26.4. The van der Waals surface area contributed by atoms with Gasteiger partial charge < -0.3 is 10.6 Å². The first-order chi connectivity index (χ1) is 18.4. The number of nitro benzene ring substituents is 1. The highest BCUT2D eigenvalue weighted by atomic mass is 32.2. The van der Waals surface area contributed by atoms with Crippen molar-refractivity contribution >= 4 is 46.7 Å². The second-order valence-electron chi connectivity index (χ2n) is 8.42. The van der Waals surface area contributed by atoms with Crippen molar-refractivity contribution in [2.45, 2.75) is 17.1 Å². The number of anilines is 2. The number of nitro groups is 1. The summed E-state index contributed by atoms with van der Waals surface area (Å²) in [5, 5.41) is 16.3. The summed E-state index contributed by atoms with van der Waals surface area (Å²) in [7, 11) is 0. The molecule has 0 saturated carbocycles. The molecule has 0 aliphatic rings. The first-order valence-corrected chi connectivity index (χ1v) is 12.7. The maximum absolute atomic E-state index is 13.5. The molecule has 0 aliphatic carbocycles. The van der Waals surface area contributed by atoms with Crippen molar-refractivity contribution in [3.05, 3.63) is 136 Å². The summed E-state index contributed by atoms with van der Waals surface area (Å²) < 4.78 is 0. The van der Waals surface area contributed by atoms with Gasteiger partial charge in [-0.15, -0.1) is 11.8 Å². The fourth-order valence-corrected chi connectivity index (χ4v) is 4.74. The standard InChI is InChI=1S/C30H25N3O4S/c1-21-15-17-25(33(36)37)20-27(21)32-30(35)29(23-11-6-3-7-12-23)38-26-14-8-13-24(19-26)31-28(34)18-16-22-9-4-2-5-10-22/h2-20,29H,1H3,(H,31,34)(H,32,35)/b18-16+. The molecule has 0 bridgehead atoms. The van der Waals surface area contributed by atoms with Gasteiger partial charge in [0.1, 0.15) is 5.25 Å². The molecule has 0 aliphatic heterocycles. The largest absolute Gasteiger partial charge is 0.324 e. The van der Waals surface area contributed by atoms with Gasteiger partial charge in [0.2, 0.25) is 11.8 Å². The highest BCUT2D eigenvalue weighted by Crippen LogP contribution is 2.37. The van der Waals surface area contributed by atoms with E-state index in [9.17, 15) is 19.7 Å². The highest BCUT2D eigenvalue weighted by Gasteiger charge is 2.23. The lowest BCUT2D eigenvalue weighted by molar-refractivity contribution is -0.384. The van der Waals surface area contributed by atoms with E-state index in [-0.39, 0.29) is 17.5 Å². The van der Waals surface area contributed by atoms with Crippen LogP contribution in [0.2, 0.25) is 0 Å². The molecular weight excluding hydrogens is 498 g/mol. The van der Waals surface area contributed by atoms with Crippen LogP contribution in [0.25, 0.3) is 6.08 Å². The predicted octanol–water partition coefficient (Wildman–Crippen LogP) is 7.03. The van der Waals surface area contributed by atoms with E-state index in [1.54, 1.807) is 31.2 Å². The van der Waals surface area contributed by atoms with Crippen LogP contribution >= 0.6 is 11.8 Å². The summed E-state index contributed by atoms with van der Waals surface area (Å²) in [6.07, 6.45) is 3.20. The van der Waals surface area contributed by atoms with Gasteiger partial charge >= 0.3 is 0 Å². The van der Waals surface area contributed by atoms with Gasteiger partial charge in [-0.25, -0.2) is 0 Å². The van der Waals surface area contributed by atoms with E-state index in [1.807, 2.05) is 72.8 Å². The third kappa shape index (κ3) is 7.18. The molecule has 4 aromatic rings. The average molecular weight is 524 g/mol. The zero-order chi connectivity index (χ0) is 26.9. The molecule has 2 N–H and O–H groups in total. The minimum absolute atomic E-state index is 0.0976. The first-order valence-electron chi connectivity index (χ1n) is 11.8. The second kappa shape index (κ2) is 12.5. The predicted molar refractivity (Wildman–Crippen MR) is 152 cm³/mol. The Morgan fingerprint density at radius 1 is 0.868 bits per heavy atom. The third-order valence-corrected chi connectivity index (χ3v) is 6.86. The van der Waals surface area contributed by atoms with E-state index >= 15 is 0 Å². The number of benzene rings is 4. The van der Waals surface area contributed by atoms with Crippen LogP contribution in [0.15, 0.2) is 114 Å². The lowest BCUT2D eigenvalue weighted by Gasteiger charge is -2.18. The van der Waals surface area contributed by atoms with Crippen LogP contribution in [-0.4, -0.2) is 16.7 Å². The summed E-state index contributed by atoms with van der Waals surface area (Å²) in [6.45, 7) is 1.78. The fourth-order valence-electron chi connectivity index (χ4n) is 3.66. The number of hydrogen-bond donors (Lipinski definition) is 2. The molecule has 7 nitrogen and oxygen atoms in total. The molecule has 0 aromatic heterocycles. The molecule has 1 unspecified atom stereocenters. The van der Waals surface area contributed by atoms with Crippen molar-refractivity contribution in [3.63, 3.8) is 0 Å². The van der Waals surface area contributed by atoms with E-state index in [4.69, 9.17) is 0 Å². The topological polar surface area (TPSA) is 101 Å². The smallest absolute Gasteiger partial charge is 0.271 e. The number of nitrogens with zero attached hydrogens (tertiary/aromatic N) is 1. The highest BCUT2D eigenvalue weighted by molar-refractivity contribution is 8.00. The number of non-ortho nitro benzene ring substituents is 1. The summed E-state index contributed by atoms with van der Waals surface area (Å²) in [5.41, 5.74) is 3.30. The van der Waals surface area contributed by atoms with E-state index in [0.717, 1.165) is 16.0 Å². The van der Waals surface area contributed by atoms with Crippen LogP contribution in [-0.2, 0) is 9.59 Å². The van der Waals surface area contributed by atoms with Gasteiger partial charge in [-0.3, -0.25) is 19.7 Å². The Morgan fingerprint density at radius 2 is 1.58 bits per heavy atom. The van der Waals surface area contributed by atoms with Gasteiger partial charge in [0.05, 0.1) is 10.6 Å². The van der Waals surface area contributed by atoms with Gasteiger partial charge in [0.15, 0.2) is 0 Å². The van der Waals surface area contributed by atoms with Crippen molar-refractivity contribution < 1.29 is 14.5 Å². The Morgan fingerprint density at radius 3 is 2.29 bits per heavy atom. The van der Waals surface area contributed by atoms with Gasteiger partial charge in [-0.1, -0.05) is 72.8 Å². The lowest BCUT2D eigenvalue weighted by atomic mass is 10.1. The van der Waals surface area contributed by atoms with Gasteiger partial charge in [-0.05, 0) is 47.9 Å². The second-order valence-corrected chi connectivity index (χ2v) is 9.59. The van der Waals surface area contributed by atoms with Crippen molar-refractivity contribution in [2.24, 2.45) is 0 Å². The van der Waals surface area contributed by atoms with Crippen molar-refractivity contribution in [1.29, 1.82) is 0 Å². The fraction of sp³-hybridized carbons (Fsp3) is 0.0667. The van der Waals surface area contributed by atoms with Crippen molar-refractivity contribution in [3.8, 4) is 0 Å². The number of aryl methyl sites for hydroxylation is 1. The number of amides is 2. The van der Waals surface area contributed by atoms with Gasteiger partial charge in [-0.2, -0.15) is 0 Å². The van der Waals surface area contributed by atoms with Crippen LogP contribution < -0.4 is 10.6 Å². The van der Waals surface area contributed by atoms with Gasteiger partial charge in [0, 0.05) is 28.8 Å². The molecule has 1 atom stereocenters. The maximum atomic E-state index is 13.5. The monoisotopic (exact) mass is 523 g/mol. The maximum Gasteiger partial charge on any atom is 0.271 e. The molecule has 38 heavy (non-hydrogen) atoms. The molecule has 0 saturated heterocycles. The molecule has 8 heteroatoms.